The smallest absolute Gasteiger partial charge is 0.410 e. The summed E-state index contributed by atoms with van der Waals surface area (Å²) in [4.78, 5) is 13.9. The van der Waals surface area contributed by atoms with Gasteiger partial charge in [0.1, 0.15) is 5.60 Å². The van der Waals surface area contributed by atoms with E-state index >= 15 is 0 Å². The molecule has 2 aromatic rings. The minimum atomic E-state index is -2.57. The number of nitrogens with zero attached hydrogens (tertiary/aromatic N) is 3. The lowest BCUT2D eigenvalue weighted by atomic mass is 10.0. The molecule has 1 aliphatic rings. The number of fused-ring (bicyclic) bond motifs is 1. The van der Waals surface area contributed by atoms with Gasteiger partial charge in [0.05, 0.1) is 25.4 Å². The maximum absolute atomic E-state index is 13.3. The molecule has 2 heterocycles. The van der Waals surface area contributed by atoms with Crippen LogP contribution >= 0.6 is 0 Å². The van der Waals surface area contributed by atoms with Crippen LogP contribution < -0.4 is 0 Å². The van der Waals surface area contributed by atoms with Gasteiger partial charge in [0, 0.05) is 29.8 Å². The Bertz CT molecular complexity index is 859. The number of aliphatic hydroxyl groups is 1. The molecule has 0 fully saturated rings. The highest BCUT2D eigenvalue weighted by Gasteiger charge is 2.30. The molecule has 0 spiro atoms. The van der Waals surface area contributed by atoms with E-state index in [2.05, 4.69) is 5.10 Å². The van der Waals surface area contributed by atoms with Crippen LogP contribution in [0.1, 0.15) is 55.3 Å². The van der Waals surface area contributed by atoms with Crippen LogP contribution in [0, 0.1) is 0 Å². The average Bonchev–Trinajstić information content (AvgIpc) is 2.97. The zero-order chi connectivity index (χ0) is 20.5. The first-order valence-corrected chi connectivity index (χ1v) is 9.21. The lowest BCUT2D eigenvalue weighted by Crippen LogP contribution is -2.40. The van der Waals surface area contributed by atoms with Gasteiger partial charge in [0.15, 0.2) is 0 Å². The van der Waals surface area contributed by atoms with Crippen molar-refractivity contribution in [1.82, 2.24) is 14.7 Å². The molecule has 6 nitrogen and oxygen atoms in total. The zero-order valence-electron chi connectivity index (χ0n) is 16.3. The first-order valence-electron chi connectivity index (χ1n) is 9.21. The van der Waals surface area contributed by atoms with E-state index in [1.807, 2.05) is 0 Å². The standard InChI is InChI=1S/C20H25F2N3O3/c1-20(2,3)28-19(27)24-9-8-17-15(11-24)16(12-26)23-25(17)10-13-6-4-5-7-14(13)18(21)22/h4-7,18,26H,8-12H2,1-3H3. The number of hydrogen-bond acceptors (Lipinski definition) is 4. The number of aromatic nitrogens is 2. The molecule has 0 unspecified atom stereocenters. The normalized spacial score (nSPS) is 14.3. The Morgan fingerprint density at radius 1 is 1.32 bits per heavy atom. The van der Waals surface area contributed by atoms with Gasteiger partial charge in [-0.3, -0.25) is 4.68 Å². The van der Waals surface area contributed by atoms with Gasteiger partial charge in [-0.25, -0.2) is 13.6 Å². The Morgan fingerprint density at radius 3 is 2.68 bits per heavy atom. The van der Waals surface area contributed by atoms with Crippen molar-refractivity contribution in [3.8, 4) is 0 Å². The van der Waals surface area contributed by atoms with Crippen LogP contribution in [0.4, 0.5) is 13.6 Å². The number of amides is 1. The summed E-state index contributed by atoms with van der Waals surface area (Å²) in [6.07, 6.45) is -2.47. The number of ether oxygens (including phenoxy) is 1. The summed E-state index contributed by atoms with van der Waals surface area (Å²) >= 11 is 0. The third kappa shape index (κ3) is 4.32. The fraction of sp³-hybridized carbons (Fsp3) is 0.500. The molecule has 0 bridgehead atoms. The molecule has 1 amide bonds. The van der Waals surface area contributed by atoms with E-state index in [-0.39, 0.29) is 25.3 Å². The first kappa shape index (κ1) is 20.3. The summed E-state index contributed by atoms with van der Waals surface area (Å²) in [5, 5.41) is 14.1. The van der Waals surface area contributed by atoms with Gasteiger partial charge in [0.25, 0.3) is 6.43 Å². The number of carbonyl (C=O) groups is 1. The molecule has 0 saturated carbocycles. The Hall–Kier alpha value is -2.48. The van der Waals surface area contributed by atoms with E-state index in [1.165, 1.54) is 6.07 Å². The number of rotatable bonds is 4. The zero-order valence-corrected chi connectivity index (χ0v) is 16.3. The molecule has 0 radical (unpaired) electrons. The van der Waals surface area contributed by atoms with Crippen molar-refractivity contribution in [2.24, 2.45) is 0 Å². The summed E-state index contributed by atoms with van der Waals surface area (Å²) in [6.45, 7) is 6.03. The largest absolute Gasteiger partial charge is 0.444 e. The SMILES string of the molecule is CC(C)(C)OC(=O)N1CCc2c(c(CO)nn2Cc2ccccc2C(F)F)C1. The highest BCUT2D eigenvalue weighted by Crippen LogP contribution is 2.27. The second-order valence-corrected chi connectivity index (χ2v) is 7.84. The summed E-state index contributed by atoms with van der Waals surface area (Å²) in [6, 6.07) is 6.37. The van der Waals surface area contributed by atoms with Gasteiger partial charge >= 0.3 is 6.09 Å². The minimum absolute atomic E-state index is 0.0245. The second-order valence-electron chi connectivity index (χ2n) is 7.84. The topological polar surface area (TPSA) is 67.6 Å². The highest BCUT2D eigenvalue weighted by molar-refractivity contribution is 5.68. The van der Waals surface area contributed by atoms with Crippen LogP contribution in [-0.4, -0.2) is 38.0 Å². The molecule has 152 valence electrons. The average molecular weight is 393 g/mol. The third-order valence-corrected chi connectivity index (χ3v) is 4.63. The quantitative estimate of drug-likeness (QED) is 0.861. The van der Waals surface area contributed by atoms with Crippen LogP contribution in [0.2, 0.25) is 0 Å². The van der Waals surface area contributed by atoms with Crippen LogP contribution in [-0.2, 0) is 30.9 Å². The Labute approximate surface area is 162 Å². The number of halogens is 2. The Balaban J connectivity index is 1.86. The van der Waals surface area contributed by atoms with Crippen molar-refractivity contribution < 1.29 is 23.4 Å². The van der Waals surface area contributed by atoms with Gasteiger partial charge in [-0.2, -0.15) is 5.10 Å². The molecule has 3 rings (SSSR count). The lowest BCUT2D eigenvalue weighted by Gasteiger charge is -2.30. The molecular formula is C20H25F2N3O3. The van der Waals surface area contributed by atoms with Crippen LogP contribution in [0.15, 0.2) is 24.3 Å². The number of benzene rings is 1. The van der Waals surface area contributed by atoms with Crippen molar-refractivity contribution in [3.63, 3.8) is 0 Å². The molecule has 8 heteroatoms. The van der Waals surface area contributed by atoms with E-state index in [9.17, 15) is 18.7 Å². The molecule has 1 aromatic carbocycles. The van der Waals surface area contributed by atoms with Crippen molar-refractivity contribution in [2.45, 2.75) is 58.9 Å². The van der Waals surface area contributed by atoms with E-state index in [4.69, 9.17) is 4.74 Å². The summed E-state index contributed by atoms with van der Waals surface area (Å²) in [5.41, 5.74) is 1.94. The van der Waals surface area contributed by atoms with E-state index in [1.54, 1.807) is 48.6 Å². The van der Waals surface area contributed by atoms with Crippen LogP contribution in [0.25, 0.3) is 0 Å². The number of alkyl halides is 2. The van der Waals surface area contributed by atoms with Gasteiger partial charge < -0.3 is 14.7 Å². The number of hydrogen-bond donors (Lipinski definition) is 1. The molecule has 0 aliphatic carbocycles. The summed E-state index contributed by atoms with van der Waals surface area (Å²) in [7, 11) is 0. The summed E-state index contributed by atoms with van der Waals surface area (Å²) < 4.78 is 33.7. The van der Waals surface area contributed by atoms with E-state index in [0.717, 1.165) is 11.3 Å². The van der Waals surface area contributed by atoms with Crippen molar-refractivity contribution in [2.75, 3.05) is 6.54 Å². The Morgan fingerprint density at radius 2 is 2.04 bits per heavy atom. The van der Waals surface area contributed by atoms with E-state index < -0.39 is 18.1 Å². The predicted molar refractivity (Wildman–Crippen MR) is 99.0 cm³/mol. The number of aliphatic hydroxyl groups excluding tert-OH is 1. The molecule has 1 N–H and O–H groups in total. The first-order chi connectivity index (χ1) is 13.2. The van der Waals surface area contributed by atoms with Crippen LogP contribution in [0.5, 0.6) is 0 Å². The van der Waals surface area contributed by atoms with Crippen molar-refractivity contribution >= 4 is 6.09 Å². The fourth-order valence-corrected chi connectivity index (χ4v) is 3.35. The maximum Gasteiger partial charge on any atom is 0.410 e. The van der Waals surface area contributed by atoms with Gasteiger partial charge in [-0.15, -0.1) is 0 Å². The Kier molecular flexibility index (Phi) is 5.69. The molecule has 28 heavy (non-hydrogen) atoms. The molecule has 0 atom stereocenters. The monoisotopic (exact) mass is 393 g/mol. The maximum atomic E-state index is 13.3. The van der Waals surface area contributed by atoms with E-state index in [0.29, 0.717) is 24.2 Å². The molecule has 1 aromatic heterocycles. The van der Waals surface area contributed by atoms with Crippen molar-refractivity contribution in [1.29, 1.82) is 0 Å². The molecule has 1 aliphatic heterocycles. The fourth-order valence-electron chi connectivity index (χ4n) is 3.35. The second kappa shape index (κ2) is 7.87. The summed E-state index contributed by atoms with van der Waals surface area (Å²) in [5.74, 6) is 0. The van der Waals surface area contributed by atoms with Gasteiger partial charge in [0.2, 0.25) is 0 Å². The van der Waals surface area contributed by atoms with Gasteiger partial charge in [-0.05, 0) is 26.3 Å². The molecule has 0 saturated heterocycles. The van der Waals surface area contributed by atoms with Crippen LogP contribution in [0.3, 0.4) is 0 Å². The highest BCUT2D eigenvalue weighted by atomic mass is 19.3. The minimum Gasteiger partial charge on any atom is -0.444 e. The third-order valence-electron chi connectivity index (χ3n) is 4.63. The predicted octanol–water partition coefficient (Wildman–Crippen LogP) is 3.65. The lowest BCUT2D eigenvalue weighted by molar-refractivity contribution is 0.0221. The van der Waals surface area contributed by atoms with Crippen molar-refractivity contribution in [3.05, 3.63) is 52.3 Å². The molecular weight excluding hydrogens is 368 g/mol. The number of carbonyl (C=O) groups excluding carboxylic acids is 1. The van der Waals surface area contributed by atoms with Gasteiger partial charge in [-0.1, -0.05) is 24.3 Å².